The van der Waals surface area contributed by atoms with Gasteiger partial charge in [0.2, 0.25) is 11.8 Å². The molecule has 0 aromatic heterocycles. The van der Waals surface area contributed by atoms with E-state index in [1.54, 1.807) is 43.2 Å². The van der Waals surface area contributed by atoms with Gasteiger partial charge >= 0.3 is 0 Å². The Labute approximate surface area is 182 Å². The molecule has 7 heteroatoms. The monoisotopic (exact) mass is 424 g/mol. The van der Waals surface area contributed by atoms with Crippen molar-refractivity contribution in [2.45, 2.75) is 39.2 Å². The lowest BCUT2D eigenvalue weighted by molar-refractivity contribution is -0.138. The number of amides is 3. The molecule has 3 rings (SSSR count). The topological polar surface area (TPSA) is 76.2 Å². The lowest BCUT2D eigenvalue weighted by Gasteiger charge is -2.27. The number of imide groups is 1. The van der Waals surface area contributed by atoms with E-state index < -0.39 is 6.04 Å². The first-order chi connectivity index (χ1) is 15.0. The van der Waals surface area contributed by atoms with Crippen LogP contribution in [0.25, 0.3) is 0 Å². The molecule has 1 fully saturated rings. The van der Waals surface area contributed by atoms with Crippen molar-refractivity contribution >= 4 is 23.4 Å². The minimum absolute atomic E-state index is 0.0135. The van der Waals surface area contributed by atoms with Crippen LogP contribution in [0, 0.1) is 0 Å². The minimum atomic E-state index is -0.787. The van der Waals surface area contributed by atoms with Crippen LogP contribution in [0.5, 0.6) is 11.5 Å². The van der Waals surface area contributed by atoms with Crippen LogP contribution in [0.2, 0.25) is 0 Å². The molecular weight excluding hydrogens is 396 g/mol. The van der Waals surface area contributed by atoms with E-state index in [1.807, 2.05) is 31.2 Å². The third-order valence-electron chi connectivity index (χ3n) is 5.33. The standard InChI is InChI=1S/C24H28N2O5/c1-4-22(27)25(15-14-17-6-10-19(30-3)11-7-17)21-16-23(28)26(24(21)29)18-8-12-20(13-9-18)31-5-2/h6-13,21H,4-5,14-16H2,1-3H3/t21-/m0/s1. The predicted octanol–water partition coefficient (Wildman–Crippen LogP) is 3.21. The molecule has 0 aliphatic carbocycles. The highest BCUT2D eigenvalue weighted by molar-refractivity contribution is 6.23. The molecule has 1 saturated heterocycles. The largest absolute Gasteiger partial charge is 0.497 e. The molecular formula is C24H28N2O5. The maximum Gasteiger partial charge on any atom is 0.257 e. The van der Waals surface area contributed by atoms with E-state index in [1.165, 1.54) is 4.90 Å². The van der Waals surface area contributed by atoms with Gasteiger partial charge in [0, 0.05) is 13.0 Å². The summed E-state index contributed by atoms with van der Waals surface area (Å²) in [6.45, 7) is 4.54. The van der Waals surface area contributed by atoms with Crippen LogP contribution in [0.15, 0.2) is 48.5 Å². The van der Waals surface area contributed by atoms with Gasteiger partial charge in [0.05, 0.1) is 25.8 Å². The van der Waals surface area contributed by atoms with Gasteiger partial charge in [-0.25, -0.2) is 4.90 Å². The zero-order valence-corrected chi connectivity index (χ0v) is 18.2. The molecule has 31 heavy (non-hydrogen) atoms. The third kappa shape index (κ3) is 5.05. The molecule has 0 bridgehead atoms. The molecule has 2 aromatic carbocycles. The van der Waals surface area contributed by atoms with Crippen molar-refractivity contribution in [2.75, 3.05) is 25.2 Å². The van der Waals surface area contributed by atoms with Gasteiger partial charge in [-0.3, -0.25) is 14.4 Å². The Morgan fingerprint density at radius 1 is 1.03 bits per heavy atom. The van der Waals surface area contributed by atoms with Crippen molar-refractivity contribution in [1.82, 2.24) is 4.90 Å². The molecule has 0 N–H and O–H groups in total. The van der Waals surface area contributed by atoms with Crippen LogP contribution in [0.3, 0.4) is 0 Å². The number of anilines is 1. The summed E-state index contributed by atoms with van der Waals surface area (Å²) < 4.78 is 10.6. The van der Waals surface area contributed by atoms with Gasteiger partial charge in [-0.05, 0) is 55.3 Å². The van der Waals surface area contributed by atoms with Gasteiger partial charge in [-0.15, -0.1) is 0 Å². The Morgan fingerprint density at radius 2 is 1.68 bits per heavy atom. The summed E-state index contributed by atoms with van der Waals surface area (Å²) in [5.41, 5.74) is 1.51. The Hall–Kier alpha value is -3.35. The highest BCUT2D eigenvalue weighted by Crippen LogP contribution is 2.28. The molecule has 164 valence electrons. The van der Waals surface area contributed by atoms with E-state index in [9.17, 15) is 14.4 Å². The average Bonchev–Trinajstić information content (AvgIpc) is 3.08. The number of nitrogens with zero attached hydrogens (tertiary/aromatic N) is 2. The molecule has 0 radical (unpaired) electrons. The van der Waals surface area contributed by atoms with Crippen molar-refractivity contribution in [3.63, 3.8) is 0 Å². The molecule has 1 aliphatic rings. The smallest absolute Gasteiger partial charge is 0.257 e. The van der Waals surface area contributed by atoms with E-state index in [0.29, 0.717) is 31.0 Å². The van der Waals surface area contributed by atoms with Crippen LogP contribution >= 0.6 is 0 Å². The molecule has 1 atom stereocenters. The number of methoxy groups -OCH3 is 1. The summed E-state index contributed by atoms with van der Waals surface area (Å²) in [7, 11) is 1.61. The zero-order valence-electron chi connectivity index (χ0n) is 18.2. The number of hydrogen-bond acceptors (Lipinski definition) is 5. The first-order valence-corrected chi connectivity index (χ1v) is 10.5. The van der Waals surface area contributed by atoms with Crippen LogP contribution in [0.4, 0.5) is 5.69 Å². The van der Waals surface area contributed by atoms with Crippen LogP contribution in [0.1, 0.15) is 32.3 Å². The van der Waals surface area contributed by atoms with Crippen molar-refractivity contribution in [1.29, 1.82) is 0 Å². The lowest BCUT2D eigenvalue weighted by Crippen LogP contribution is -2.46. The maximum atomic E-state index is 13.1. The summed E-state index contributed by atoms with van der Waals surface area (Å²) >= 11 is 0. The molecule has 0 saturated carbocycles. The van der Waals surface area contributed by atoms with Gasteiger partial charge in [-0.2, -0.15) is 0 Å². The highest BCUT2D eigenvalue weighted by Gasteiger charge is 2.43. The molecule has 0 spiro atoms. The molecule has 2 aromatic rings. The first kappa shape index (κ1) is 22.3. The van der Waals surface area contributed by atoms with E-state index in [4.69, 9.17) is 9.47 Å². The molecule has 1 aliphatic heterocycles. The zero-order chi connectivity index (χ0) is 22.4. The van der Waals surface area contributed by atoms with Crippen molar-refractivity contribution in [3.05, 3.63) is 54.1 Å². The Bertz CT molecular complexity index is 924. The number of benzene rings is 2. The number of carbonyl (C=O) groups is 3. The van der Waals surface area contributed by atoms with E-state index in [2.05, 4.69) is 0 Å². The van der Waals surface area contributed by atoms with Crippen LogP contribution in [-0.4, -0.2) is 48.9 Å². The lowest BCUT2D eigenvalue weighted by atomic mass is 10.1. The quantitative estimate of drug-likeness (QED) is 0.578. The Kier molecular flexibility index (Phi) is 7.28. The van der Waals surface area contributed by atoms with Crippen LogP contribution in [-0.2, 0) is 20.8 Å². The summed E-state index contributed by atoms with van der Waals surface area (Å²) in [6, 6.07) is 13.6. The summed E-state index contributed by atoms with van der Waals surface area (Å²) in [4.78, 5) is 41.2. The average molecular weight is 424 g/mol. The third-order valence-corrected chi connectivity index (χ3v) is 5.33. The van der Waals surface area contributed by atoms with Crippen molar-refractivity contribution in [3.8, 4) is 11.5 Å². The fourth-order valence-electron chi connectivity index (χ4n) is 3.69. The van der Waals surface area contributed by atoms with Crippen molar-refractivity contribution in [2.24, 2.45) is 0 Å². The number of rotatable bonds is 9. The molecule has 0 unspecified atom stereocenters. The van der Waals surface area contributed by atoms with Gasteiger partial charge in [-0.1, -0.05) is 19.1 Å². The van der Waals surface area contributed by atoms with Crippen LogP contribution < -0.4 is 14.4 Å². The van der Waals surface area contributed by atoms with E-state index >= 15 is 0 Å². The summed E-state index contributed by atoms with van der Waals surface area (Å²) in [5, 5.41) is 0. The van der Waals surface area contributed by atoms with Gasteiger partial charge in [0.15, 0.2) is 0 Å². The minimum Gasteiger partial charge on any atom is -0.497 e. The highest BCUT2D eigenvalue weighted by atomic mass is 16.5. The van der Waals surface area contributed by atoms with Crippen molar-refractivity contribution < 1.29 is 23.9 Å². The molecule has 3 amide bonds. The Balaban J connectivity index is 1.75. The molecule has 1 heterocycles. The van der Waals surface area contributed by atoms with E-state index in [-0.39, 0.29) is 30.6 Å². The maximum absolute atomic E-state index is 13.1. The van der Waals surface area contributed by atoms with Gasteiger partial charge in [0.25, 0.3) is 5.91 Å². The van der Waals surface area contributed by atoms with E-state index in [0.717, 1.165) is 11.3 Å². The summed E-state index contributed by atoms with van der Waals surface area (Å²) in [6.07, 6.45) is 0.834. The Morgan fingerprint density at radius 3 is 2.26 bits per heavy atom. The van der Waals surface area contributed by atoms with Gasteiger partial charge in [0.1, 0.15) is 17.5 Å². The van der Waals surface area contributed by atoms with Gasteiger partial charge < -0.3 is 14.4 Å². The normalized spacial score (nSPS) is 15.8. The SMILES string of the molecule is CCOc1ccc(N2C(=O)C[C@H](N(CCc3ccc(OC)cc3)C(=O)CC)C2=O)cc1. The fraction of sp³-hybridized carbons (Fsp3) is 0.375. The fourth-order valence-corrected chi connectivity index (χ4v) is 3.69. The second-order valence-electron chi connectivity index (χ2n) is 7.25. The molecule has 7 nitrogen and oxygen atoms in total. The first-order valence-electron chi connectivity index (χ1n) is 10.5. The summed E-state index contributed by atoms with van der Waals surface area (Å²) in [5.74, 6) is 0.605. The second-order valence-corrected chi connectivity index (χ2v) is 7.25. The predicted molar refractivity (Wildman–Crippen MR) is 117 cm³/mol. The second kappa shape index (κ2) is 10.1. The number of ether oxygens (including phenoxy) is 2. The number of carbonyl (C=O) groups excluding carboxylic acids is 3. The number of hydrogen-bond donors (Lipinski definition) is 0.